The zero-order chi connectivity index (χ0) is 6.83. The van der Waals surface area contributed by atoms with Crippen LogP contribution < -0.4 is 0 Å². The van der Waals surface area contributed by atoms with Crippen molar-refractivity contribution >= 4 is 21.7 Å². The van der Waals surface area contributed by atoms with Gasteiger partial charge in [-0.1, -0.05) is 6.92 Å². The molecule has 0 heterocycles. The van der Waals surface area contributed by atoms with E-state index in [-0.39, 0.29) is 0 Å². The number of nitrogens with zero attached hydrogens (tertiary/aromatic N) is 1. The summed E-state index contributed by atoms with van der Waals surface area (Å²) in [5.74, 6) is 0.969. The van der Waals surface area contributed by atoms with Crippen molar-refractivity contribution in [3.05, 3.63) is 0 Å². The van der Waals surface area contributed by atoms with Gasteiger partial charge in [0.15, 0.2) is 0 Å². The topological polar surface area (TPSA) is 43.7 Å². The molecule has 0 atom stereocenters. The van der Waals surface area contributed by atoms with Gasteiger partial charge in [0.25, 0.3) is 0 Å². The van der Waals surface area contributed by atoms with Crippen LogP contribution in [0.25, 0.3) is 0 Å². The van der Waals surface area contributed by atoms with Gasteiger partial charge in [0.2, 0.25) is 0 Å². The Hall–Kier alpha value is 0.0169. The second-order valence-corrected chi connectivity index (χ2v) is 1.82. The molecule has 8 heavy (non-hydrogen) atoms. The van der Waals surface area contributed by atoms with Crippen molar-refractivity contribution in [2.24, 2.45) is 0 Å². The number of thioether (sulfide) groups is 1. The molecule has 0 spiro atoms. The first-order chi connectivity index (χ1) is 3.91. The van der Waals surface area contributed by atoms with E-state index in [0.717, 1.165) is 12.2 Å². The Balaban J connectivity index is 0. The molecule has 0 saturated heterocycles. The van der Waals surface area contributed by atoms with Crippen molar-refractivity contribution in [1.82, 2.24) is 0 Å². The first kappa shape index (κ1) is 10.9. The SMILES string of the molecule is CCCSC#N.[O+]#[Si-]. The molecule has 0 fully saturated rings. The van der Waals surface area contributed by atoms with Crippen LogP contribution in [-0.2, 0) is 4.30 Å². The zero-order valence-corrected chi connectivity index (χ0v) is 6.49. The van der Waals surface area contributed by atoms with Crippen LogP contribution in [0.4, 0.5) is 0 Å². The molecule has 0 saturated carbocycles. The average molecular weight is 145 g/mol. The van der Waals surface area contributed by atoms with Crippen LogP contribution in [0.1, 0.15) is 13.3 Å². The molecule has 0 aromatic rings. The quantitative estimate of drug-likeness (QED) is 0.253. The fourth-order valence-corrected chi connectivity index (χ4v) is 0.443. The van der Waals surface area contributed by atoms with E-state index in [1.807, 2.05) is 5.40 Å². The molecule has 0 aliphatic rings. The van der Waals surface area contributed by atoms with Crippen molar-refractivity contribution in [1.29, 1.82) is 5.26 Å². The van der Waals surface area contributed by atoms with Gasteiger partial charge < -0.3 is 0 Å². The van der Waals surface area contributed by atoms with Gasteiger partial charge in [-0.3, -0.25) is 0 Å². The van der Waals surface area contributed by atoms with E-state index in [9.17, 15) is 0 Å². The summed E-state index contributed by atoms with van der Waals surface area (Å²) in [4.78, 5) is 0. The van der Waals surface area contributed by atoms with Gasteiger partial charge in [0.05, 0.1) is 0 Å². The van der Waals surface area contributed by atoms with E-state index in [0.29, 0.717) is 0 Å². The first-order valence-corrected chi connectivity index (χ1v) is 3.52. The summed E-state index contributed by atoms with van der Waals surface area (Å²) >= 11 is 1.31. The molecule has 0 N–H and O–H groups in total. The molecule has 44 valence electrons. The molecule has 0 aliphatic heterocycles. The molecule has 0 radical (unpaired) electrons. The molecule has 0 aromatic heterocycles. The summed E-state index contributed by atoms with van der Waals surface area (Å²) in [6.07, 6.45) is 1.10. The standard InChI is InChI=1S/C4H7NS.OSi/c1-2-3-6-4-5;1-2/h2-3H2,1H3;. The number of nitriles is 1. The number of hydrogen-bond acceptors (Lipinski definition) is 2. The van der Waals surface area contributed by atoms with Crippen LogP contribution in [0, 0.1) is 10.7 Å². The summed E-state index contributed by atoms with van der Waals surface area (Å²) in [6, 6.07) is 0. The van der Waals surface area contributed by atoms with Gasteiger partial charge in [-0.15, -0.1) is 0 Å². The van der Waals surface area contributed by atoms with Crippen LogP contribution in [0.2, 0.25) is 0 Å². The van der Waals surface area contributed by atoms with Crippen LogP contribution >= 0.6 is 11.8 Å². The van der Waals surface area contributed by atoms with Crippen LogP contribution in [-0.4, -0.2) is 15.7 Å². The summed E-state index contributed by atoms with van der Waals surface area (Å²) < 4.78 is 8.06. The van der Waals surface area contributed by atoms with E-state index >= 15 is 0 Å². The fourth-order valence-electron chi connectivity index (χ4n) is 0.148. The van der Waals surface area contributed by atoms with Gasteiger partial charge in [0.1, 0.15) is 5.40 Å². The second kappa shape index (κ2) is 15.7. The molecule has 0 rings (SSSR count). The number of thiocyanates is 1. The molecule has 2 nitrogen and oxygen atoms in total. The van der Waals surface area contributed by atoms with E-state index in [1.54, 1.807) is 9.98 Å². The van der Waals surface area contributed by atoms with Crippen molar-refractivity contribution in [3.8, 4) is 5.40 Å². The predicted molar refractivity (Wildman–Crippen MR) is 34.8 cm³/mol. The maximum absolute atomic E-state index is 8.06. The van der Waals surface area contributed by atoms with Crippen molar-refractivity contribution in [3.63, 3.8) is 0 Å². The summed E-state index contributed by atoms with van der Waals surface area (Å²) in [5.41, 5.74) is 0. The monoisotopic (exact) mass is 145 g/mol. The van der Waals surface area contributed by atoms with Crippen LogP contribution in [0.15, 0.2) is 0 Å². The van der Waals surface area contributed by atoms with E-state index < -0.39 is 0 Å². The van der Waals surface area contributed by atoms with E-state index in [2.05, 4.69) is 6.92 Å². The van der Waals surface area contributed by atoms with Gasteiger partial charge in [-0.25, -0.2) is 0 Å². The Morgan fingerprint density at radius 2 is 2.25 bits per heavy atom. The molecular formula is C4H7NOSSi. The average Bonchev–Trinajstić information content (AvgIpc) is 1.88. The molecular weight excluding hydrogens is 138 g/mol. The normalized spacial score (nSPS) is 5.75. The summed E-state index contributed by atoms with van der Waals surface area (Å²) in [6.45, 7) is 2.06. The van der Waals surface area contributed by atoms with Crippen molar-refractivity contribution in [2.45, 2.75) is 13.3 Å². The molecule has 4 heteroatoms. The minimum atomic E-state index is 0.969. The van der Waals surface area contributed by atoms with E-state index in [1.165, 1.54) is 11.8 Å². The molecule has 0 aromatic carbocycles. The number of hydrogen-bond donors (Lipinski definition) is 0. The zero-order valence-electron chi connectivity index (χ0n) is 4.68. The van der Waals surface area contributed by atoms with Gasteiger partial charge in [-0.2, -0.15) is 5.26 Å². The first-order valence-electron chi connectivity index (χ1n) is 2.13. The molecule has 0 amide bonds. The maximum atomic E-state index is 8.06. The Morgan fingerprint density at radius 3 is 2.38 bits per heavy atom. The van der Waals surface area contributed by atoms with Crippen LogP contribution in [0.3, 0.4) is 0 Å². The second-order valence-electron chi connectivity index (χ2n) is 0.940. The Kier molecular flexibility index (Phi) is 21.5. The van der Waals surface area contributed by atoms with Gasteiger partial charge >= 0.3 is 14.3 Å². The Bertz CT molecular complexity index is 87.8. The third kappa shape index (κ3) is 16.6. The number of rotatable bonds is 2. The van der Waals surface area contributed by atoms with Crippen LogP contribution in [0.5, 0.6) is 0 Å². The summed E-state index contributed by atoms with van der Waals surface area (Å²) in [7, 11) is 1.72. The Labute approximate surface area is 56.4 Å². The van der Waals surface area contributed by atoms with Crippen molar-refractivity contribution in [2.75, 3.05) is 5.75 Å². The predicted octanol–water partition coefficient (Wildman–Crippen LogP) is 1.11. The van der Waals surface area contributed by atoms with Crippen molar-refractivity contribution < 1.29 is 4.30 Å². The third-order valence-electron chi connectivity index (χ3n) is 0.371. The minimum absolute atomic E-state index is 0.969. The molecule has 0 unspecified atom stereocenters. The Morgan fingerprint density at radius 1 is 1.75 bits per heavy atom. The van der Waals surface area contributed by atoms with Gasteiger partial charge in [0, 0.05) is 5.75 Å². The molecule has 0 aliphatic carbocycles. The fraction of sp³-hybridized carbons (Fsp3) is 0.750. The summed E-state index contributed by atoms with van der Waals surface area (Å²) in [5, 5.41) is 9.90. The third-order valence-corrected chi connectivity index (χ3v) is 1.11. The van der Waals surface area contributed by atoms with E-state index in [4.69, 9.17) is 9.57 Å². The molecule has 0 bridgehead atoms. The van der Waals surface area contributed by atoms with Gasteiger partial charge in [-0.05, 0) is 18.2 Å².